The van der Waals surface area contributed by atoms with Crippen molar-refractivity contribution < 1.29 is 9.59 Å². The van der Waals surface area contributed by atoms with Gasteiger partial charge in [-0.25, -0.2) is 0 Å². The van der Waals surface area contributed by atoms with E-state index < -0.39 is 0 Å². The van der Waals surface area contributed by atoms with Crippen LogP contribution < -0.4 is 5.73 Å². The average Bonchev–Trinajstić information content (AvgIpc) is 2.91. The topological polar surface area (TPSA) is 63.4 Å². The molecule has 2 saturated carbocycles. The summed E-state index contributed by atoms with van der Waals surface area (Å²) in [5.41, 5.74) is 5.81. The number of hydrogen-bond acceptors (Lipinski definition) is 2. The van der Waals surface area contributed by atoms with Gasteiger partial charge in [0.05, 0.1) is 0 Å². The molecule has 1 aliphatic heterocycles. The van der Waals surface area contributed by atoms with Crippen molar-refractivity contribution in [3.8, 4) is 0 Å². The largest absolute Gasteiger partial charge is 0.369 e. The Kier molecular flexibility index (Phi) is 4.23. The van der Waals surface area contributed by atoms with E-state index in [2.05, 4.69) is 4.90 Å². The molecule has 3 fully saturated rings. The molecule has 2 amide bonds. The predicted octanol–water partition coefficient (Wildman–Crippen LogP) is 2.46. The maximum absolute atomic E-state index is 12.7. The Hall–Kier alpha value is -1.06. The van der Waals surface area contributed by atoms with Crippen LogP contribution in [-0.4, -0.2) is 29.8 Å². The van der Waals surface area contributed by atoms with Gasteiger partial charge in [-0.15, -0.1) is 0 Å². The lowest BCUT2D eigenvalue weighted by atomic mass is 9.73. The highest BCUT2D eigenvalue weighted by Gasteiger charge is 2.42. The van der Waals surface area contributed by atoms with Crippen molar-refractivity contribution >= 4 is 11.8 Å². The monoisotopic (exact) mass is 292 g/mol. The Labute approximate surface area is 127 Å². The third-order valence-corrected chi connectivity index (χ3v) is 6.14. The Morgan fingerprint density at radius 2 is 1.52 bits per heavy atom. The van der Waals surface area contributed by atoms with E-state index in [1.807, 2.05) is 0 Å². The summed E-state index contributed by atoms with van der Waals surface area (Å²) in [6, 6.07) is 0. The van der Waals surface area contributed by atoms with Gasteiger partial charge < -0.3 is 10.6 Å². The van der Waals surface area contributed by atoms with Crippen LogP contribution in [0.3, 0.4) is 0 Å². The number of nitrogens with two attached hydrogens (primary N) is 1. The summed E-state index contributed by atoms with van der Waals surface area (Å²) < 4.78 is 0. The van der Waals surface area contributed by atoms with Gasteiger partial charge in [0.15, 0.2) is 0 Å². The summed E-state index contributed by atoms with van der Waals surface area (Å²) in [7, 11) is 0. The third kappa shape index (κ3) is 3.09. The zero-order chi connectivity index (χ0) is 14.9. The molecule has 0 unspecified atom stereocenters. The highest BCUT2D eigenvalue weighted by atomic mass is 16.2. The second-order valence-electron chi connectivity index (χ2n) is 7.52. The van der Waals surface area contributed by atoms with Gasteiger partial charge in [0, 0.05) is 24.9 Å². The summed E-state index contributed by atoms with van der Waals surface area (Å²) in [6.45, 7) is 1.94. The fourth-order valence-electron chi connectivity index (χ4n) is 4.72. The van der Waals surface area contributed by atoms with Crippen molar-refractivity contribution in [1.29, 1.82) is 0 Å². The number of likely N-dealkylation sites (tertiary alicyclic amines) is 1. The number of rotatable bonds is 2. The van der Waals surface area contributed by atoms with Gasteiger partial charge in [-0.1, -0.05) is 19.3 Å². The van der Waals surface area contributed by atoms with Gasteiger partial charge in [-0.2, -0.15) is 0 Å². The molecule has 4 nitrogen and oxygen atoms in total. The van der Waals surface area contributed by atoms with Crippen LogP contribution in [-0.2, 0) is 9.59 Å². The number of hydrogen-bond donors (Lipinski definition) is 1. The van der Waals surface area contributed by atoms with Gasteiger partial charge in [-0.05, 0) is 50.4 Å². The van der Waals surface area contributed by atoms with E-state index in [0.29, 0.717) is 11.3 Å². The summed E-state index contributed by atoms with van der Waals surface area (Å²) in [6.07, 6.45) is 11.2. The molecule has 2 N–H and O–H groups in total. The number of nitrogens with zero attached hydrogens (tertiary/aromatic N) is 1. The number of amides is 2. The van der Waals surface area contributed by atoms with Crippen LogP contribution in [0.2, 0.25) is 0 Å². The van der Waals surface area contributed by atoms with E-state index in [9.17, 15) is 9.59 Å². The first-order chi connectivity index (χ1) is 10.1. The van der Waals surface area contributed by atoms with Crippen molar-refractivity contribution in [3.05, 3.63) is 0 Å². The van der Waals surface area contributed by atoms with Crippen molar-refractivity contribution in [1.82, 2.24) is 4.90 Å². The molecule has 1 heterocycles. The molecule has 0 aromatic carbocycles. The Morgan fingerprint density at radius 3 is 2.14 bits per heavy atom. The van der Waals surface area contributed by atoms with Gasteiger partial charge in [0.2, 0.25) is 11.8 Å². The highest BCUT2D eigenvalue weighted by molar-refractivity contribution is 5.80. The fourth-order valence-corrected chi connectivity index (χ4v) is 4.72. The molecule has 4 heteroatoms. The molecular weight excluding hydrogens is 264 g/mol. The van der Waals surface area contributed by atoms with Crippen molar-refractivity contribution in [2.75, 3.05) is 13.1 Å². The fraction of sp³-hybridized carbons (Fsp3) is 0.882. The van der Waals surface area contributed by atoms with Crippen LogP contribution in [0.15, 0.2) is 0 Å². The molecule has 1 saturated heterocycles. The van der Waals surface area contributed by atoms with Gasteiger partial charge >= 0.3 is 0 Å². The van der Waals surface area contributed by atoms with E-state index in [-0.39, 0.29) is 17.7 Å². The highest BCUT2D eigenvalue weighted by Crippen LogP contribution is 2.44. The second-order valence-corrected chi connectivity index (χ2v) is 7.52. The summed E-state index contributed by atoms with van der Waals surface area (Å²) in [5, 5.41) is 0. The van der Waals surface area contributed by atoms with E-state index in [1.54, 1.807) is 0 Å². The van der Waals surface area contributed by atoms with Crippen molar-refractivity contribution in [3.63, 3.8) is 0 Å². The molecule has 3 aliphatic rings. The number of carbonyl (C=O) groups is 2. The zero-order valence-corrected chi connectivity index (χ0v) is 13.0. The van der Waals surface area contributed by atoms with Crippen LogP contribution in [0.4, 0.5) is 0 Å². The lowest BCUT2D eigenvalue weighted by Crippen LogP contribution is -2.39. The minimum Gasteiger partial charge on any atom is -0.369 e. The smallest absolute Gasteiger partial charge is 0.225 e. The molecule has 0 atom stereocenters. The van der Waals surface area contributed by atoms with Gasteiger partial charge in [-0.3, -0.25) is 9.59 Å². The first kappa shape index (κ1) is 14.9. The summed E-state index contributed by atoms with van der Waals surface area (Å²) in [4.78, 5) is 26.1. The zero-order valence-electron chi connectivity index (χ0n) is 13.0. The van der Waals surface area contributed by atoms with Gasteiger partial charge in [0.25, 0.3) is 0 Å². The molecule has 118 valence electrons. The standard InChI is InChI=1S/C17H28N2O2/c18-15(20)13-4-6-14(7-5-13)16(21)19-11-10-17(12-19)8-2-1-3-9-17/h13-14H,1-12H2,(H2,18,20). The van der Waals surface area contributed by atoms with Crippen LogP contribution in [0.25, 0.3) is 0 Å². The lowest BCUT2D eigenvalue weighted by Gasteiger charge is -2.34. The van der Waals surface area contributed by atoms with Crippen LogP contribution in [0.5, 0.6) is 0 Å². The minimum absolute atomic E-state index is 0.00249. The Morgan fingerprint density at radius 1 is 0.905 bits per heavy atom. The molecule has 21 heavy (non-hydrogen) atoms. The number of carbonyl (C=O) groups excluding carboxylic acids is 2. The molecule has 0 radical (unpaired) electrons. The predicted molar refractivity (Wildman–Crippen MR) is 81.4 cm³/mol. The van der Waals surface area contributed by atoms with Crippen LogP contribution >= 0.6 is 0 Å². The maximum atomic E-state index is 12.7. The SMILES string of the molecule is NC(=O)C1CCC(C(=O)N2CCC3(CCCCC3)C2)CC1. The second kappa shape index (κ2) is 5.98. The Balaban J connectivity index is 1.54. The first-order valence-electron chi connectivity index (χ1n) is 8.68. The molecule has 1 spiro atoms. The van der Waals surface area contributed by atoms with Crippen LogP contribution in [0, 0.1) is 17.3 Å². The summed E-state index contributed by atoms with van der Waals surface area (Å²) in [5.74, 6) is 0.292. The van der Waals surface area contributed by atoms with E-state index >= 15 is 0 Å². The van der Waals surface area contributed by atoms with Gasteiger partial charge in [0.1, 0.15) is 0 Å². The van der Waals surface area contributed by atoms with Crippen molar-refractivity contribution in [2.45, 2.75) is 64.2 Å². The van der Waals surface area contributed by atoms with E-state index in [1.165, 1.54) is 38.5 Å². The van der Waals surface area contributed by atoms with Crippen molar-refractivity contribution in [2.24, 2.45) is 23.0 Å². The van der Waals surface area contributed by atoms with E-state index in [0.717, 1.165) is 38.8 Å². The minimum atomic E-state index is -0.191. The van der Waals surface area contributed by atoms with E-state index in [4.69, 9.17) is 5.73 Å². The molecule has 0 aromatic heterocycles. The average molecular weight is 292 g/mol. The molecule has 3 rings (SSSR count). The summed E-state index contributed by atoms with van der Waals surface area (Å²) >= 11 is 0. The Bertz CT molecular complexity index is 407. The molecular formula is C17H28N2O2. The lowest BCUT2D eigenvalue weighted by molar-refractivity contribution is -0.137. The third-order valence-electron chi connectivity index (χ3n) is 6.14. The van der Waals surface area contributed by atoms with Crippen LogP contribution in [0.1, 0.15) is 64.2 Å². The molecule has 2 aliphatic carbocycles. The normalized spacial score (nSPS) is 32.3. The maximum Gasteiger partial charge on any atom is 0.225 e. The molecule has 0 bridgehead atoms. The first-order valence-corrected chi connectivity index (χ1v) is 8.68. The molecule has 0 aromatic rings. The quantitative estimate of drug-likeness (QED) is 0.849. The number of primary amides is 1.